The Balaban J connectivity index is 1.53. The molecule has 0 bridgehead atoms. The third-order valence-electron chi connectivity index (χ3n) is 4.03. The fourth-order valence-corrected chi connectivity index (χ4v) is 2.66. The maximum Gasteiger partial charge on any atom is 0.347 e. The van der Waals surface area contributed by atoms with Crippen LogP contribution in [0.4, 0.5) is 5.69 Å². The predicted octanol–water partition coefficient (Wildman–Crippen LogP) is 4.18. The summed E-state index contributed by atoms with van der Waals surface area (Å²) in [5.41, 5.74) is 0.655. The molecule has 3 aromatic rings. The molecule has 0 aliphatic rings. The van der Waals surface area contributed by atoms with Crippen LogP contribution in [-0.4, -0.2) is 24.6 Å². The van der Waals surface area contributed by atoms with E-state index in [0.29, 0.717) is 17.9 Å². The molecule has 0 saturated carbocycles. The Morgan fingerprint density at radius 2 is 1.63 bits per heavy atom. The number of anilines is 1. The van der Waals surface area contributed by atoms with Gasteiger partial charge in [-0.3, -0.25) is 4.79 Å². The third kappa shape index (κ3) is 5.07. The topological polar surface area (TPSA) is 64.6 Å². The highest BCUT2D eigenvalue weighted by molar-refractivity contribution is 5.95. The second kappa shape index (κ2) is 8.85. The molecule has 3 aromatic carbocycles. The van der Waals surface area contributed by atoms with Crippen LogP contribution >= 0.6 is 0 Å². The number of carbonyl (C=O) groups is 2. The maximum absolute atomic E-state index is 12.2. The Labute approximate surface area is 157 Å². The quantitative estimate of drug-likeness (QED) is 0.640. The van der Waals surface area contributed by atoms with Crippen molar-refractivity contribution in [2.45, 2.75) is 19.4 Å². The van der Waals surface area contributed by atoms with Crippen LogP contribution in [0, 0.1) is 0 Å². The summed E-state index contributed by atoms with van der Waals surface area (Å²) in [6.45, 7) is 1.46. The van der Waals surface area contributed by atoms with Crippen LogP contribution in [0.3, 0.4) is 0 Å². The molecule has 5 heteroatoms. The highest BCUT2D eigenvalue weighted by Gasteiger charge is 2.21. The van der Waals surface area contributed by atoms with Gasteiger partial charge >= 0.3 is 5.97 Å². The molecular formula is C22H21NO4. The smallest absolute Gasteiger partial charge is 0.347 e. The van der Waals surface area contributed by atoms with Gasteiger partial charge in [-0.15, -0.1) is 0 Å². The van der Waals surface area contributed by atoms with Crippen LogP contribution in [0.1, 0.15) is 13.3 Å². The Morgan fingerprint density at radius 1 is 0.926 bits per heavy atom. The number of hydrogen-bond donors (Lipinski definition) is 1. The summed E-state index contributed by atoms with van der Waals surface area (Å²) in [4.78, 5) is 24.3. The highest BCUT2D eigenvalue weighted by atomic mass is 16.6. The highest BCUT2D eigenvalue weighted by Crippen LogP contribution is 2.19. The maximum atomic E-state index is 12.2. The molecule has 0 aliphatic heterocycles. The Bertz CT molecular complexity index is 924. The standard InChI is InChI=1S/C22H21NO4/c1-2-20(27-19-10-4-3-5-11-19)22(25)26-15-21(24)23-18-13-12-16-8-6-7-9-17(16)14-18/h3-14,20H,2,15H2,1H3,(H,23,24)/t20-/m0/s1. The monoisotopic (exact) mass is 363 g/mol. The molecular weight excluding hydrogens is 342 g/mol. The molecule has 3 rings (SSSR count). The van der Waals surface area contributed by atoms with Crippen molar-refractivity contribution in [3.8, 4) is 5.75 Å². The average Bonchev–Trinajstić information content (AvgIpc) is 2.71. The summed E-state index contributed by atoms with van der Waals surface area (Å²) >= 11 is 0. The molecule has 1 N–H and O–H groups in total. The second-order valence-corrected chi connectivity index (χ2v) is 6.05. The summed E-state index contributed by atoms with van der Waals surface area (Å²) < 4.78 is 10.7. The number of nitrogens with one attached hydrogen (secondary N) is 1. The van der Waals surface area contributed by atoms with Gasteiger partial charge < -0.3 is 14.8 Å². The first-order valence-electron chi connectivity index (χ1n) is 8.82. The van der Waals surface area contributed by atoms with Crippen LogP contribution in [0.5, 0.6) is 5.75 Å². The van der Waals surface area contributed by atoms with Gasteiger partial charge in [0.1, 0.15) is 5.75 Å². The molecule has 5 nitrogen and oxygen atoms in total. The van der Waals surface area contributed by atoms with E-state index in [9.17, 15) is 9.59 Å². The minimum atomic E-state index is -0.749. The number of hydrogen-bond acceptors (Lipinski definition) is 4. The zero-order valence-electron chi connectivity index (χ0n) is 15.1. The van der Waals surface area contributed by atoms with Crippen molar-refractivity contribution in [1.29, 1.82) is 0 Å². The van der Waals surface area contributed by atoms with Gasteiger partial charge in [-0.05, 0) is 41.5 Å². The van der Waals surface area contributed by atoms with Gasteiger partial charge in [0.25, 0.3) is 5.91 Å². The molecule has 1 amide bonds. The predicted molar refractivity (Wildman–Crippen MR) is 105 cm³/mol. The van der Waals surface area contributed by atoms with Crippen LogP contribution in [0.25, 0.3) is 10.8 Å². The molecule has 27 heavy (non-hydrogen) atoms. The van der Waals surface area contributed by atoms with E-state index in [2.05, 4.69) is 5.32 Å². The molecule has 0 aromatic heterocycles. The van der Waals surface area contributed by atoms with E-state index in [0.717, 1.165) is 10.8 Å². The van der Waals surface area contributed by atoms with Gasteiger partial charge in [-0.1, -0.05) is 55.5 Å². The molecule has 0 radical (unpaired) electrons. The first-order valence-corrected chi connectivity index (χ1v) is 8.82. The zero-order valence-corrected chi connectivity index (χ0v) is 15.1. The largest absolute Gasteiger partial charge is 0.479 e. The Hall–Kier alpha value is -3.34. The number of rotatable bonds is 7. The third-order valence-corrected chi connectivity index (χ3v) is 4.03. The normalized spacial score (nSPS) is 11.6. The fourth-order valence-electron chi connectivity index (χ4n) is 2.66. The van der Waals surface area contributed by atoms with Gasteiger partial charge in [-0.25, -0.2) is 4.79 Å². The summed E-state index contributed by atoms with van der Waals surface area (Å²) in [6, 6.07) is 22.5. The molecule has 0 heterocycles. The molecule has 138 valence electrons. The van der Waals surface area contributed by atoms with Crippen molar-refractivity contribution >= 4 is 28.3 Å². The van der Waals surface area contributed by atoms with E-state index < -0.39 is 18.0 Å². The van der Waals surface area contributed by atoms with E-state index in [1.54, 1.807) is 12.1 Å². The van der Waals surface area contributed by atoms with Crippen LogP contribution in [0.15, 0.2) is 72.8 Å². The Kier molecular flexibility index (Phi) is 6.05. The van der Waals surface area contributed by atoms with Gasteiger partial charge in [0.05, 0.1) is 0 Å². The summed E-state index contributed by atoms with van der Waals surface area (Å²) in [5.74, 6) is -0.370. The van der Waals surface area contributed by atoms with Crippen molar-refractivity contribution in [3.05, 3.63) is 72.8 Å². The average molecular weight is 363 g/mol. The van der Waals surface area contributed by atoms with Crippen LogP contribution in [-0.2, 0) is 14.3 Å². The van der Waals surface area contributed by atoms with Crippen molar-refractivity contribution in [2.75, 3.05) is 11.9 Å². The van der Waals surface area contributed by atoms with Gasteiger partial charge in [-0.2, -0.15) is 0 Å². The SMILES string of the molecule is CC[C@H](Oc1ccccc1)C(=O)OCC(=O)Nc1ccc2ccccc2c1. The second-order valence-electron chi connectivity index (χ2n) is 6.05. The van der Waals surface area contributed by atoms with E-state index in [1.165, 1.54) is 0 Å². The first kappa shape index (κ1) is 18.5. The lowest BCUT2D eigenvalue weighted by Gasteiger charge is -2.16. The lowest BCUT2D eigenvalue weighted by atomic mass is 10.1. The molecule has 0 saturated heterocycles. The molecule has 0 unspecified atom stereocenters. The number of ether oxygens (including phenoxy) is 2. The molecule has 0 spiro atoms. The van der Waals surface area contributed by atoms with Crippen molar-refractivity contribution in [3.63, 3.8) is 0 Å². The summed E-state index contributed by atoms with van der Waals surface area (Å²) in [5, 5.41) is 4.85. The number of fused-ring (bicyclic) bond motifs is 1. The number of para-hydroxylation sites is 1. The number of amides is 1. The zero-order chi connectivity index (χ0) is 19.1. The number of carbonyl (C=O) groups excluding carboxylic acids is 2. The first-order chi connectivity index (χ1) is 13.2. The van der Waals surface area contributed by atoms with E-state index >= 15 is 0 Å². The van der Waals surface area contributed by atoms with Gasteiger partial charge in [0, 0.05) is 5.69 Å². The van der Waals surface area contributed by atoms with E-state index in [4.69, 9.17) is 9.47 Å². The van der Waals surface area contributed by atoms with Crippen LogP contribution in [0.2, 0.25) is 0 Å². The van der Waals surface area contributed by atoms with Gasteiger partial charge in [0.15, 0.2) is 12.7 Å². The minimum Gasteiger partial charge on any atom is -0.479 e. The minimum absolute atomic E-state index is 0.361. The molecule has 0 aliphatic carbocycles. The van der Waals surface area contributed by atoms with Crippen molar-refractivity contribution in [1.82, 2.24) is 0 Å². The van der Waals surface area contributed by atoms with E-state index in [-0.39, 0.29) is 6.61 Å². The summed E-state index contributed by atoms with van der Waals surface area (Å²) in [6.07, 6.45) is -0.305. The fraction of sp³-hybridized carbons (Fsp3) is 0.182. The molecule has 0 fully saturated rings. The van der Waals surface area contributed by atoms with Gasteiger partial charge in [0.2, 0.25) is 0 Å². The number of esters is 1. The lowest BCUT2D eigenvalue weighted by molar-refractivity contribution is -0.154. The van der Waals surface area contributed by atoms with E-state index in [1.807, 2.05) is 67.6 Å². The lowest BCUT2D eigenvalue weighted by Crippen LogP contribution is -2.31. The van der Waals surface area contributed by atoms with Crippen molar-refractivity contribution < 1.29 is 19.1 Å². The van der Waals surface area contributed by atoms with Crippen molar-refractivity contribution in [2.24, 2.45) is 0 Å². The molecule has 1 atom stereocenters. The Morgan fingerprint density at radius 3 is 2.37 bits per heavy atom. The van der Waals surface area contributed by atoms with Crippen LogP contribution < -0.4 is 10.1 Å². The number of benzene rings is 3. The summed E-state index contributed by atoms with van der Waals surface area (Å²) in [7, 11) is 0.